The van der Waals surface area contributed by atoms with Crippen LogP contribution in [0.4, 0.5) is 5.69 Å². The average molecular weight is 287 g/mol. The number of anilines is 1. The minimum Gasteiger partial charge on any atom is -0.327 e. The molecule has 3 N–H and O–H groups in total. The molecule has 1 aromatic rings. The van der Waals surface area contributed by atoms with Gasteiger partial charge in [0.2, 0.25) is 5.91 Å². The molecule has 1 aliphatic carbocycles. The number of fused-ring (bicyclic) bond motifs is 1. The first kappa shape index (κ1) is 14.5. The number of aryl methyl sites for hydroxylation is 2. The van der Waals surface area contributed by atoms with Crippen LogP contribution in [0.1, 0.15) is 24.0 Å². The maximum atomic E-state index is 12.2. The van der Waals surface area contributed by atoms with E-state index in [0.717, 1.165) is 36.3 Å². The molecular formula is C17H25N3O. The fourth-order valence-corrected chi connectivity index (χ4v) is 3.79. The predicted molar refractivity (Wildman–Crippen MR) is 85.2 cm³/mol. The molecule has 0 radical (unpaired) electrons. The van der Waals surface area contributed by atoms with Crippen molar-refractivity contribution in [3.05, 3.63) is 29.3 Å². The zero-order chi connectivity index (χ0) is 15.0. The van der Waals surface area contributed by atoms with Crippen LogP contribution >= 0.6 is 0 Å². The lowest BCUT2D eigenvalue weighted by molar-refractivity contribution is -0.117. The Kier molecular flexibility index (Phi) is 4.00. The Balaban J connectivity index is 1.57. The molecule has 1 heterocycles. The molecule has 2 aliphatic rings. The molecule has 0 aromatic heterocycles. The van der Waals surface area contributed by atoms with Gasteiger partial charge in [0.15, 0.2) is 0 Å². The second kappa shape index (κ2) is 5.78. The molecule has 21 heavy (non-hydrogen) atoms. The van der Waals surface area contributed by atoms with E-state index in [0.29, 0.717) is 24.4 Å². The number of amides is 1. The number of rotatable bonds is 3. The summed E-state index contributed by atoms with van der Waals surface area (Å²) in [4.78, 5) is 14.5. The molecule has 1 saturated heterocycles. The van der Waals surface area contributed by atoms with Gasteiger partial charge in [0.1, 0.15) is 0 Å². The molecule has 2 fully saturated rings. The Labute approximate surface area is 126 Å². The topological polar surface area (TPSA) is 58.4 Å². The summed E-state index contributed by atoms with van der Waals surface area (Å²) in [6, 6.07) is 6.47. The Morgan fingerprint density at radius 3 is 2.90 bits per heavy atom. The normalized spacial score (nSPS) is 28.6. The zero-order valence-corrected chi connectivity index (χ0v) is 12.9. The summed E-state index contributed by atoms with van der Waals surface area (Å²) in [6.45, 7) is 6.55. The third-order valence-electron chi connectivity index (χ3n) is 5.02. The van der Waals surface area contributed by atoms with Crippen LogP contribution in [-0.2, 0) is 4.79 Å². The number of hydrogen-bond donors (Lipinski definition) is 2. The lowest BCUT2D eigenvalue weighted by Gasteiger charge is -2.18. The zero-order valence-electron chi connectivity index (χ0n) is 12.9. The first-order valence-corrected chi connectivity index (χ1v) is 7.88. The summed E-state index contributed by atoms with van der Waals surface area (Å²) in [7, 11) is 0. The monoisotopic (exact) mass is 287 g/mol. The van der Waals surface area contributed by atoms with Crippen LogP contribution in [0.25, 0.3) is 0 Å². The molecule has 1 saturated carbocycles. The van der Waals surface area contributed by atoms with Crippen molar-refractivity contribution in [3.63, 3.8) is 0 Å². The first-order valence-electron chi connectivity index (χ1n) is 7.88. The molecule has 3 unspecified atom stereocenters. The minimum absolute atomic E-state index is 0.0808. The predicted octanol–water partition coefficient (Wildman–Crippen LogP) is 1.91. The second-order valence-electron chi connectivity index (χ2n) is 6.73. The fraction of sp³-hybridized carbons (Fsp3) is 0.588. The Hall–Kier alpha value is -1.39. The standard InChI is InChI=1S/C17H25N3O/c1-11-3-4-12(2)16(7-11)19-17(21)10-20-8-13-5-6-15(18)14(13)9-20/h3-4,7,13-15H,5-6,8-10,18H2,1-2H3,(H,19,21). The van der Waals surface area contributed by atoms with E-state index in [4.69, 9.17) is 5.73 Å². The lowest BCUT2D eigenvalue weighted by atomic mass is 9.98. The van der Waals surface area contributed by atoms with Crippen LogP contribution in [0.15, 0.2) is 18.2 Å². The van der Waals surface area contributed by atoms with Crippen molar-refractivity contribution in [2.75, 3.05) is 25.0 Å². The Morgan fingerprint density at radius 2 is 2.14 bits per heavy atom. The van der Waals surface area contributed by atoms with Crippen molar-refractivity contribution >= 4 is 11.6 Å². The highest BCUT2D eigenvalue weighted by molar-refractivity contribution is 5.93. The summed E-state index contributed by atoms with van der Waals surface area (Å²) in [5.74, 6) is 1.38. The van der Waals surface area contributed by atoms with Crippen LogP contribution < -0.4 is 11.1 Å². The highest BCUT2D eigenvalue weighted by atomic mass is 16.2. The van der Waals surface area contributed by atoms with Gasteiger partial charge in [0, 0.05) is 24.8 Å². The van der Waals surface area contributed by atoms with Crippen molar-refractivity contribution in [1.29, 1.82) is 0 Å². The van der Waals surface area contributed by atoms with Gasteiger partial charge in [-0.1, -0.05) is 12.1 Å². The molecule has 3 atom stereocenters. The molecule has 114 valence electrons. The number of carbonyl (C=O) groups is 1. The highest BCUT2D eigenvalue weighted by Gasteiger charge is 2.41. The number of carbonyl (C=O) groups excluding carboxylic acids is 1. The van der Waals surface area contributed by atoms with E-state index in [-0.39, 0.29) is 5.91 Å². The highest BCUT2D eigenvalue weighted by Crippen LogP contribution is 2.36. The quantitative estimate of drug-likeness (QED) is 0.893. The summed E-state index contributed by atoms with van der Waals surface area (Å²) >= 11 is 0. The third kappa shape index (κ3) is 3.11. The first-order chi connectivity index (χ1) is 10.0. The Bertz CT molecular complexity index is 543. The molecule has 3 rings (SSSR count). The summed E-state index contributed by atoms with van der Waals surface area (Å²) < 4.78 is 0. The van der Waals surface area contributed by atoms with Crippen molar-refractivity contribution in [2.45, 2.75) is 32.7 Å². The number of nitrogens with one attached hydrogen (secondary N) is 1. The fourth-order valence-electron chi connectivity index (χ4n) is 3.79. The van der Waals surface area contributed by atoms with Crippen LogP contribution in [0.3, 0.4) is 0 Å². The van der Waals surface area contributed by atoms with Crippen molar-refractivity contribution in [2.24, 2.45) is 17.6 Å². The molecular weight excluding hydrogens is 262 g/mol. The van der Waals surface area contributed by atoms with Crippen LogP contribution in [0.5, 0.6) is 0 Å². The van der Waals surface area contributed by atoms with E-state index in [1.807, 2.05) is 26.0 Å². The number of nitrogens with zero attached hydrogens (tertiary/aromatic N) is 1. The maximum absolute atomic E-state index is 12.2. The van der Waals surface area contributed by atoms with Gasteiger partial charge < -0.3 is 11.1 Å². The number of likely N-dealkylation sites (tertiary alicyclic amines) is 1. The summed E-state index contributed by atoms with van der Waals surface area (Å²) in [6.07, 6.45) is 2.37. The molecule has 1 aliphatic heterocycles. The van der Waals surface area contributed by atoms with Gasteiger partial charge in [0.25, 0.3) is 0 Å². The van der Waals surface area contributed by atoms with E-state index in [1.165, 1.54) is 6.42 Å². The second-order valence-corrected chi connectivity index (χ2v) is 6.73. The van der Waals surface area contributed by atoms with Gasteiger partial charge in [-0.15, -0.1) is 0 Å². The largest absolute Gasteiger partial charge is 0.327 e. The molecule has 4 heteroatoms. The smallest absolute Gasteiger partial charge is 0.238 e. The van der Waals surface area contributed by atoms with E-state index in [9.17, 15) is 4.79 Å². The maximum Gasteiger partial charge on any atom is 0.238 e. The minimum atomic E-state index is 0.0808. The van der Waals surface area contributed by atoms with Gasteiger partial charge in [0.05, 0.1) is 6.54 Å². The lowest BCUT2D eigenvalue weighted by Crippen LogP contribution is -2.34. The van der Waals surface area contributed by atoms with Gasteiger partial charge in [-0.2, -0.15) is 0 Å². The Morgan fingerprint density at radius 1 is 1.33 bits per heavy atom. The van der Waals surface area contributed by atoms with Crippen molar-refractivity contribution in [3.8, 4) is 0 Å². The van der Waals surface area contributed by atoms with Gasteiger partial charge >= 0.3 is 0 Å². The third-order valence-corrected chi connectivity index (χ3v) is 5.02. The van der Waals surface area contributed by atoms with Gasteiger partial charge in [-0.25, -0.2) is 0 Å². The van der Waals surface area contributed by atoms with E-state index in [2.05, 4.69) is 16.3 Å². The summed E-state index contributed by atoms with van der Waals surface area (Å²) in [5, 5.41) is 3.04. The van der Waals surface area contributed by atoms with Crippen LogP contribution in [-0.4, -0.2) is 36.5 Å². The number of benzene rings is 1. The van der Waals surface area contributed by atoms with Crippen molar-refractivity contribution in [1.82, 2.24) is 4.90 Å². The van der Waals surface area contributed by atoms with Gasteiger partial charge in [-0.3, -0.25) is 9.69 Å². The molecule has 1 amide bonds. The molecule has 1 aromatic carbocycles. The van der Waals surface area contributed by atoms with E-state index < -0.39 is 0 Å². The van der Waals surface area contributed by atoms with Crippen LogP contribution in [0.2, 0.25) is 0 Å². The van der Waals surface area contributed by atoms with E-state index in [1.54, 1.807) is 0 Å². The SMILES string of the molecule is Cc1ccc(C)c(NC(=O)CN2CC3CCC(N)C3C2)c1. The number of hydrogen-bond acceptors (Lipinski definition) is 3. The summed E-state index contributed by atoms with van der Waals surface area (Å²) in [5.41, 5.74) is 9.34. The van der Waals surface area contributed by atoms with E-state index >= 15 is 0 Å². The molecule has 0 bridgehead atoms. The van der Waals surface area contributed by atoms with Crippen LogP contribution in [0, 0.1) is 25.7 Å². The molecule has 0 spiro atoms. The average Bonchev–Trinajstić information content (AvgIpc) is 2.96. The van der Waals surface area contributed by atoms with Crippen molar-refractivity contribution < 1.29 is 4.79 Å². The van der Waals surface area contributed by atoms with Gasteiger partial charge in [-0.05, 0) is 55.7 Å². The number of nitrogens with two attached hydrogens (primary N) is 1. The molecule has 4 nitrogen and oxygen atoms in total.